The third kappa shape index (κ3) is 4.39. The van der Waals surface area contributed by atoms with Crippen LogP contribution in [-0.4, -0.2) is 13.7 Å². The minimum atomic E-state index is 0.587. The van der Waals surface area contributed by atoms with E-state index in [0.717, 1.165) is 82.8 Å². The molecule has 0 N–H and O–H groups in total. The number of fused-ring (bicyclic) bond motifs is 9. The molecule has 0 bridgehead atoms. The number of aromatic nitrogens is 3. The second-order valence-electron chi connectivity index (χ2n) is 14.0. The predicted molar refractivity (Wildman–Crippen MR) is 224 cm³/mol. The van der Waals surface area contributed by atoms with E-state index in [9.17, 15) is 10.5 Å². The normalized spacial score (nSPS) is 11.6. The van der Waals surface area contributed by atoms with Crippen molar-refractivity contribution in [2.75, 3.05) is 0 Å². The Balaban J connectivity index is 1.18. The smallest absolute Gasteiger partial charge is 0.101 e. The fraction of sp³-hybridized carbons (Fsp3) is 0. The minimum Gasteiger partial charge on any atom is -0.308 e. The predicted octanol–water partition coefficient (Wildman–Crippen LogP) is 12.4. The highest BCUT2D eigenvalue weighted by molar-refractivity contribution is 6.15. The average molecular weight is 700 g/mol. The molecule has 0 aliphatic rings. The lowest BCUT2D eigenvalue weighted by atomic mass is 9.98. The summed E-state index contributed by atoms with van der Waals surface area (Å²) in [5.41, 5.74) is 12.3. The molecule has 0 saturated heterocycles. The van der Waals surface area contributed by atoms with Crippen LogP contribution in [0.5, 0.6) is 0 Å². The topological polar surface area (TPSA) is 62.4 Å². The highest BCUT2D eigenvalue weighted by atomic mass is 15.1. The van der Waals surface area contributed by atoms with E-state index in [1.807, 2.05) is 36.4 Å². The van der Waals surface area contributed by atoms with Gasteiger partial charge in [-0.2, -0.15) is 10.5 Å². The number of nitriles is 2. The van der Waals surface area contributed by atoms with Gasteiger partial charge in [0.15, 0.2) is 0 Å². The maximum atomic E-state index is 10.5. The molecule has 0 aliphatic carbocycles. The number of rotatable bonds is 4. The van der Waals surface area contributed by atoms with Crippen LogP contribution in [0.2, 0.25) is 0 Å². The third-order valence-electron chi connectivity index (χ3n) is 11.1. The lowest BCUT2D eigenvalue weighted by Gasteiger charge is -2.16. The highest BCUT2D eigenvalue weighted by Crippen LogP contribution is 2.41. The Labute approximate surface area is 316 Å². The van der Waals surface area contributed by atoms with Gasteiger partial charge in [0.1, 0.15) is 6.07 Å². The first-order chi connectivity index (χ1) is 27.2. The van der Waals surface area contributed by atoms with Crippen LogP contribution in [0.4, 0.5) is 0 Å². The van der Waals surface area contributed by atoms with E-state index in [4.69, 9.17) is 0 Å². The van der Waals surface area contributed by atoms with E-state index in [-0.39, 0.29) is 0 Å². The standard InChI is InChI=1S/C50H29N5/c51-30-33-26-27-36(29-43(33)32-12-9-14-35(28-32)53-44-21-5-3-17-39(44)41-19-10-13-34(31-52)49(41)53)54-45-22-6-4-18-40(45)42-20-11-25-48(50(42)54)55-46-23-7-1-15-37(46)38-16-2-8-24-47(38)55/h1-29H. The molecule has 0 aliphatic heterocycles. The Kier molecular flexibility index (Phi) is 6.61. The lowest BCUT2D eigenvalue weighted by molar-refractivity contribution is 1.13. The van der Waals surface area contributed by atoms with Gasteiger partial charge in [-0.3, -0.25) is 0 Å². The zero-order chi connectivity index (χ0) is 36.6. The van der Waals surface area contributed by atoms with E-state index < -0.39 is 0 Å². The number of nitrogens with zero attached hydrogens (tertiary/aromatic N) is 5. The molecule has 55 heavy (non-hydrogen) atoms. The Morgan fingerprint density at radius 1 is 0.345 bits per heavy atom. The molecule has 254 valence electrons. The van der Waals surface area contributed by atoms with Crippen molar-refractivity contribution in [3.05, 3.63) is 187 Å². The first-order valence-corrected chi connectivity index (χ1v) is 18.3. The summed E-state index contributed by atoms with van der Waals surface area (Å²) < 4.78 is 6.91. The summed E-state index contributed by atoms with van der Waals surface area (Å²) >= 11 is 0. The van der Waals surface area contributed by atoms with Crippen molar-refractivity contribution in [1.29, 1.82) is 10.5 Å². The van der Waals surface area contributed by atoms with Crippen LogP contribution in [0.15, 0.2) is 176 Å². The molecule has 8 aromatic carbocycles. The molecule has 0 fully saturated rings. The second-order valence-corrected chi connectivity index (χ2v) is 14.0. The zero-order valence-corrected chi connectivity index (χ0v) is 29.5. The minimum absolute atomic E-state index is 0.587. The molecule has 0 radical (unpaired) electrons. The van der Waals surface area contributed by atoms with Crippen molar-refractivity contribution in [2.45, 2.75) is 0 Å². The summed E-state index contributed by atoms with van der Waals surface area (Å²) in [7, 11) is 0. The first kappa shape index (κ1) is 30.7. The van der Waals surface area contributed by atoms with Gasteiger partial charge in [0.25, 0.3) is 0 Å². The van der Waals surface area contributed by atoms with Gasteiger partial charge in [-0.25, -0.2) is 0 Å². The van der Waals surface area contributed by atoms with Crippen LogP contribution >= 0.6 is 0 Å². The van der Waals surface area contributed by atoms with Crippen LogP contribution in [0, 0.1) is 22.7 Å². The Bertz CT molecular complexity index is 3420. The molecule has 0 unspecified atom stereocenters. The van der Waals surface area contributed by atoms with E-state index in [1.54, 1.807) is 0 Å². The van der Waals surface area contributed by atoms with Crippen molar-refractivity contribution in [2.24, 2.45) is 0 Å². The summed E-state index contributed by atoms with van der Waals surface area (Å²) in [6, 6.07) is 65.9. The van der Waals surface area contributed by atoms with Gasteiger partial charge in [-0.1, -0.05) is 109 Å². The van der Waals surface area contributed by atoms with Gasteiger partial charge in [-0.05, 0) is 72.3 Å². The van der Waals surface area contributed by atoms with E-state index in [2.05, 4.69) is 165 Å². The fourth-order valence-electron chi connectivity index (χ4n) is 8.83. The molecule has 5 nitrogen and oxygen atoms in total. The van der Waals surface area contributed by atoms with Gasteiger partial charge < -0.3 is 13.7 Å². The van der Waals surface area contributed by atoms with Crippen molar-refractivity contribution in [1.82, 2.24) is 13.7 Å². The molecular weight excluding hydrogens is 671 g/mol. The van der Waals surface area contributed by atoms with Crippen LogP contribution in [0.3, 0.4) is 0 Å². The number of para-hydroxylation sites is 6. The number of hydrogen-bond acceptors (Lipinski definition) is 2. The summed E-state index contributed by atoms with van der Waals surface area (Å²) in [6.07, 6.45) is 0. The Morgan fingerprint density at radius 3 is 1.44 bits per heavy atom. The van der Waals surface area contributed by atoms with E-state index >= 15 is 0 Å². The molecule has 3 heterocycles. The maximum Gasteiger partial charge on any atom is 0.101 e. The maximum absolute atomic E-state index is 10.5. The quantitative estimate of drug-likeness (QED) is 0.184. The van der Waals surface area contributed by atoms with E-state index in [0.29, 0.717) is 11.1 Å². The van der Waals surface area contributed by atoms with Crippen LogP contribution in [-0.2, 0) is 0 Å². The second kappa shape index (κ2) is 11.8. The lowest BCUT2D eigenvalue weighted by Crippen LogP contribution is -2.01. The van der Waals surface area contributed by atoms with Gasteiger partial charge in [0.05, 0.1) is 56.0 Å². The van der Waals surface area contributed by atoms with Crippen molar-refractivity contribution >= 4 is 65.4 Å². The van der Waals surface area contributed by atoms with Gasteiger partial charge in [0, 0.05) is 49.3 Å². The molecule has 5 heteroatoms. The number of hydrogen-bond donors (Lipinski definition) is 0. The molecule has 0 saturated carbocycles. The number of benzene rings is 8. The van der Waals surface area contributed by atoms with Crippen LogP contribution < -0.4 is 0 Å². The molecule has 0 amide bonds. The monoisotopic (exact) mass is 699 g/mol. The summed E-state index contributed by atoms with van der Waals surface area (Å²) in [5.74, 6) is 0. The molecule has 0 atom stereocenters. The SMILES string of the molecule is N#Cc1ccc(-n2c3ccccc3c3cccc(-n4c5ccccc5c5ccccc54)c32)cc1-c1cccc(-n2c3ccccc3c3cccc(C#N)c32)c1. The summed E-state index contributed by atoms with van der Waals surface area (Å²) in [6.45, 7) is 0. The molecule has 11 aromatic rings. The largest absolute Gasteiger partial charge is 0.308 e. The molecule has 0 spiro atoms. The van der Waals surface area contributed by atoms with Crippen molar-refractivity contribution < 1.29 is 0 Å². The first-order valence-electron chi connectivity index (χ1n) is 18.3. The molecule has 11 rings (SSSR count). The van der Waals surface area contributed by atoms with Crippen LogP contribution in [0.25, 0.3) is 93.6 Å². The Morgan fingerprint density at radius 2 is 0.818 bits per heavy atom. The zero-order valence-electron chi connectivity index (χ0n) is 29.5. The summed E-state index contributed by atoms with van der Waals surface area (Å²) in [4.78, 5) is 0. The van der Waals surface area contributed by atoms with Crippen molar-refractivity contribution in [3.63, 3.8) is 0 Å². The molecular formula is C50H29N5. The third-order valence-corrected chi connectivity index (χ3v) is 11.1. The highest BCUT2D eigenvalue weighted by Gasteiger charge is 2.21. The van der Waals surface area contributed by atoms with E-state index in [1.165, 1.54) is 10.8 Å². The average Bonchev–Trinajstić information content (AvgIpc) is 3.90. The molecule has 3 aromatic heterocycles. The van der Waals surface area contributed by atoms with Crippen molar-refractivity contribution in [3.8, 4) is 40.3 Å². The van der Waals surface area contributed by atoms with Gasteiger partial charge in [-0.15, -0.1) is 0 Å². The fourth-order valence-corrected chi connectivity index (χ4v) is 8.83. The van der Waals surface area contributed by atoms with Crippen LogP contribution in [0.1, 0.15) is 11.1 Å². The van der Waals surface area contributed by atoms with Gasteiger partial charge >= 0.3 is 0 Å². The van der Waals surface area contributed by atoms with Gasteiger partial charge in [0.2, 0.25) is 0 Å². The Hall–Kier alpha value is -7.86. The summed E-state index contributed by atoms with van der Waals surface area (Å²) in [5, 5.41) is 27.6.